The van der Waals surface area contributed by atoms with Gasteiger partial charge in [-0.3, -0.25) is 29.8 Å². The molecule has 0 aliphatic carbocycles. The molecular formula is C11H10N4O6. The van der Waals surface area contributed by atoms with Crippen LogP contribution in [0.4, 0.5) is 17.1 Å². The van der Waals surface area contributed by atoms with Gasteiger partial charge in [0.1, 0.15) is 5.69 Å². The van der Waals surface area contributed by atoms with Crippen LogP contribution in [-0.4, -0.2) is 28.2 Å². The number of anilines is 1. The van der Waals surface area contributed by atoms with E-state index in [2.05, 4.69) is 0 Å². The van der Waals surface area contributed by atoms with Gasteiger partial charge in [-0.15, -0.1) is 0 Å². The highest BCUT2D eigenvalue weighted by molar-refractivity contribution is 6.01. The van der Waals surface area contributed by atoms with E-state index in [4.69, 9.17) is 5.73 Å². The minimum Gasteiger partial charge on any atom is -0.369 e. The lowest BCUT2D eigenvalue weighted by Gasteiger charge is -2.15. The maximum absolute atomic E-state index is 11.8. The van der Waals surface area contributed by atoms with Gasteiger partial charge in [-0.1, -0.05) is 0 Å². The Balaban J connectivity index is 2.44. The standard InChI is InChI=1S/C11H10N4O6/c12-11(17)6-3-10(16)13(5-6)8-2-1-7(14(18)19)4-9(8)15(20)21/h1-2,4,6H,3,5H2,(H2,12,17). The van der Waals surface area contributed by atoms with E-state index in [-0.39, 0.29) is 18.7 Å². The van der Waals surface area contributed by atoms with E-state index in [1.54, 1.807) is 0 Å². The van der Waals surface area contributed by atoms with Crippen LogP contribution in [-0.2, 0) is 9.59 Å². The van der Waals surface area contributed by atoms with Crippen LogP contribution in [0.5, 0.6) is 0 Å². The number of rotatable bonds is 4. The maximum Gasteiger partial charge on any atom is 0.299 e. The number of hydrogen-bond donors (Lipinski definition) is 1. The number of carbonyl (C=O) groups is 2. The number of benzene rings is 1. The second kappa shape index (κ2) is 5.15. The molecule has 10 nitrogen and oxygen atoms in total. The molecule has 1 unspecified atom stereocenters. The van der Waals surface area contributed by atoms with E-state index < -0.39 is 39.0 Å². The molecular weight excluding hydrogens is 284 g/mol. The molecule has 0 radical (unpaired) electrons. The number of amides is 2. The summed E-state index contributed by atoms with van der Waals surface area (Å²) in [7, 11) is 0. The summed E-state index contributed by atoms with van der Waals surface area (Å²) in [5.41, 5.74) is 4.01. The van der Waals surface area contributed by atoms with Crippen LogP contribution in [0.15, 0.2) is 18.2 Å². The fraction of sp³-hybridized carbons (Fsp3) is 0.273. The van der Waals surface area contributed by atoms with Gasteiger partial charge in [0.25, 0.3) is 11.4 Å². The Bertz CT molecular complexity index is 658. The van der Waals surface area contributed by atoms with Gasteiger partial charge in [0.2, 0.25) is 11.8 Å². The van der Waals surface area contributed by atoms with Gasteiger partial charge >= 0.3 is 0 Å². The molecule has 2 rings (SSSR count). The van der Waals surface area contributed by atoms with Gasteiger partial charge in [0.05, 0.1) is 21.8 Å². The summed E-state index contributed by atoms with van der Waals surface area (Å²) in [4.78, 5) is 44.1. The maximum atomic E-state index is 11.8. The number of nitrogens with zero attached hydrogens (tertiary/aromatic N) is 3. The van der Waals surface area contributed by atoms with Crippen molar-refractivity contribution in [1.29, 1.82) is 0 Å². The number of nitro groups is 2. The van der Waals surface area contributed by atoms with Crippen molar-refractivity contribution in [3.8, 4) is 0 Å². The largest absolute Gasteiger partial charge is 0.369 e. The lowest BCUT2D eigenvalue weighted by atomic mass is 10.1. The summed E-state index contributed by atoms with van der Waals surface area (Å²) in [5.74, 6) is -1.89. The molecule has 1 atom stereocenters. The van der Waals surface area contributed by atoms with Crippen molar-refractivity contribution in [1.82, 2.24) is 0 Å². The molecule has 1 aliphatic rings. The quantitative estimate of drug-likeness (QED) is 0.624. The third-order valence-corrected chi connectivity index (χ3v) is 3.18. The monoisotopic (exact) mass is 294 g/mol. The van der Waals surface area contributed by atoms with Crippen LogP contribution in [0.25, 0.3) is 0 Å². The van der Waals surface area contributed by atoms with Gasteiger partial charge in [-0.2, -0.15) is 0 Å². The molecule has 0 saturated carbocycles. The van der Waals surface area contributed by atoms with Crippen LogP contribution in [0.2, 0.25) is 0 Å². The summed E-state index contributed by atoms with van der Waals surface area (Å²) in [5, 5.41) is 21.7. The normalized spacial score (nSPS) is 17.8. The van der Waals surface area contributed by atoms with Crippen LogP contribution in [0, 0.1) is 26.1 Å². The van der Waals surface area contributed by atoms with Gasteiger partial charge in [-0.05, 0) is 6.07 Å². The van der Waals surface area contributed by atoms with Crippen LogP contribution in [0.1, 0.15) is 6.42 Å². The Hall–Kier alpha value is -3.04. The lowest BCUT2D eigenvalue weighted by molar-refractivity contribution is -0.393. The molecule has 1 fully saturated rings. The first-order valence-electron chi connectivity index (χ1n) is 5.83. The third-order valence-electron chi connectivity index (χ3n) is 3.18. The first-order chi connectivity index (χ1) is 9.81. The predicted molar refractivity (Wildman–Crippen MR) is 69.4 cm³/mol. The first kappa shape index (κ1) is 14.4. The Kier molecular flexibility index (Phi) is 3.52. The van der Waals surface area contributed by atoms with Crippen LogP contribution in [0.3, 0.4) is 0 Å². The van der Waals surface area contributed by atoms with Crippen molar-refractivity contribution in [3.63, 3.8) is 0 Å². The topological polar surface area (TPSA) is 150 Å². The minimum atomic E-state index is -0.812. The second-order valence-electron chi connectivity index (χ2n) is 4.49. The number of primary amides is 1. The lowest BCUT2D eigenvalue weighted by Crippen LogP contribution is -2.28. The SMILES string of the molecule is NC(=O)C1CC(=O)N(c2ccc([N+](=O)[O-])cc2[N+](=O)[O-])C1. The number of nitrogens with two attached hydrogens (primary N) is 1. The van der Waals surface area contributed by atoms with Gasteiger partial charge in [0.15, 0.2) is 0 Å². The van der Waals surface area contributed by atoms with Crippen LogP contribution < -0.4 is 10.6 Å². The average molecular weight is 294 g/mol. The van der Waals surface area contributed by atoms with E-state index in [1.165, 1.54) is 0 Å². The average Bonchev–Trinajstić information content (AvgIpc) is 2.80. The molecule has 1 heterocycles. The second-order valence-corrected chi connectivity index (χ2v) is 4.49. The van der Waals surface area contributed by atoms with E-state index in [1.807, 2.05) is 0 Å². The van der Waals surface area contributed by atoms with Gasteiger partial charge in [-0.25, -0.2) is 0 Å². The molecule has 1 aromatic carbocycles. The zero-order chi connectivity index (χ0) is 15.7. The number of nitro benzene ring substituents is 2. The van der Waals surface area contributed by atoms with Crippen molar-refractivity contribution >= 4 is 28.9 Å². The molecule has 10 heteroatoms. The van der Waals surface area contributed by atoms with Crippen molar-refractivity contribution < 1.29 is 19.4 Å². The zero-order valence-corrected chi connectivity index (χ0v) is 10.6. The van der Waals surface area contributed by atoms with Gasteiger partial charge in [0, 0.05) is 19.0 Å². The fourth-order valence-corrected chi connectivity index (χ4v) is 2.13. The van der Waals surface area contributed by atoms with E-state index in [9.17, 15) is 29.8 Å². The Morgan fingerprint density at radius 3 is 2.43 bits per heavy atom. The van der Waals surface area contributed by atoms with Gasteiger partial charge < -0.3 is 10.6 Å². The zero-order valence-electron chi connectivity index (χ0n) is 10.6. The summed E-state index contributed by atoms with van der Waals surface area (Å²) >= 11 is 0. The Labute approximate surface area is 117 Å². The first-order valence-corrected chi connectivity index (χ1v) is 5.83. The number of carbonyl (C=O) groups excluding carboxylic acids is 2. The molecule has 0 bridgehead atoms. The van der Waals surface area contributed by atoms with Crippen molar-refractivity contribution in [3.05, 3.63) is 38.4 Å². The fourth-order valence-electron chi connectivity index (χ4n) is 2.13. The number of hydrogen-bond acceptors (Lipinski definition) is 6. The smallest absolute Gasteiger partial charge is 0.299 e. The van der Waals surface area contributed by atoms with Crippen molar-refractivity contribution in [2.45, 2.75) is 6.42 Å². The van der Waals surface area contributed by atoms with Crippen molar-refractivity contribution in [2.75, 3.05) is 11.4 Å². The molecule has 110 valence electrons. The molecule has 1 aromatic rings. The molecule has 1 aliphatic heterocycles. The molecule has 0 aromatic heterocycles. The summed E-state index contributed by atoms with van der Waals surface area (Å²) in [6.07, 6.45) is -0.135. The predicted octanol–water partition coefficient (Wildman–Crippen LogP) is 0.341. The summed E-state index contributed by atoms with van der Waals surface area (Å²) < 4.78 is 0. The number of non-ortho nitro benzene ring substituents is 1. The highest BCUT2D eigenvalue weighted by atomic mass is 16.6. The molecule has 0 spiro atoms. The summed E-state index contributed by atoms with van der Waals surface area (Å²) in [6.45, 7) is -0.0766. The summed E-state index contributed by atoms with van der Waals surface area (Å²) in [6, 6.07) is 2.96. The Morgan fingerprint density at radius 1 is 1.29 bits per heavy atom. The van der Waals surface area contributed by atoms with Crippen molar-refractivity contribution in [2.24, 2.45) is 11.7 Å². The minimum absolute atomic E-state index is 0.0766. The van der Waals surface area contributed by atoms with E-state index in [0.29, 0.717) is 0 Å². The highest BCUT2D eigenvalue weighted by Crippen LogP contribution is 2.35. The van der Waals surface area contributed by atoms with Crippen LogP contribution >= 0.6 is 0 Å². The molecule has 1 saturated heterocycles. The highest BCUT2D eigenvalue weighted by Gasteiger charge is 2.37. The molecule has 2 amide bonds. The molecule has 2 N–H and O–H groups in total. The van der Waals surface area contributed by atoms with E-state index in [0.717, 1.165) is 23.1 Å². The molecule has 21 heavy (non-hydrogen) atoms. The Morgan fingerprint density at radius 2 is 1.95 bits per heavy atom. The third kappa shape index (κ3) is 2.63. The van der Waals surface area contributed by atoms with E-state index >= 15 is 0 Å².